The second kappa shape index (κ2) is 6.30. The zero-order chi connectivity index (χ0) is 12.0. The van der Waals surface area contributed by atoms with Crippen molar-refractivity contribution in [3.63, 3.8) is 0 Å². The van der Waals surface area contributed by atoms with Crippen molar-refractivity contribution in [3.8, 4) is 5.88 Å². The van der Waals surface area contributed by atoms with Crippen LogP contribution in [0.15, 0.2) is 12.4 Å². The van der Waals surface area contributed by atoms with Gasteiger partial charge in [0.15, 0.2) is 0 Å². The monoisotopic (exact) mass is 223 g/mol. The van der Waals surface area contributed by atoms with Gasteiger partial charge in [0.05, 0.1) is 7.11 Å². The van der Waals surface area contributed by atoms with E-state index in [-0.39, 0.29) is 0 Å². The van der Waals surface area contributed by atoms with Gasteiger partial charge < -0.3 is 10.1 Å². The number of nitrogens with zero attached hydrogens (tertiary/aromatic N) is 2. The van der Waals surface area contributed by atoms with E-state index in [1.54, 1.807) is 7.11 Å². The minimum atomic E-state index is 0.419. The summed E-state index contributed by atoms with van der Waals surface area (Å²) in [6.45, 7) is 6.64. The van der Waals surface area contributed by atoms with Crippen LogP contribution in [0.25, 0.3) is 0 Å². The molecule has 1 atom stereocenters. The topological polar surface area (TPSA) is 47.0 Å². The summed E-state index contributed by atoms with van der Waals surface area (Å²) in [4.78, 5) is 8.12. The van der Waals surface area contributed by atoms with E-state index in [9.17, 15) is 0 Å². The minimum absolute atomic E-state index is 0.419. The summed E-state index contributed by atoms with van der Waals surface area (Å²) < 4.78 is 5.04. The van der Waals surface area contributed by atoms with E-state index in [2.05, 4.69) is 36.1 Å². The zero-order valence-electron chi connectivity index (χ0n) is 10.5. The molecule has 1 heterocycles. The van der Waals surface area contributed by atoms with E-state index in [0.717, 1.165) is 18.2 Å². The van der Waals surface area contributed by atoms with Crippen molar-refractivity contribution < 1.29 is 4.74 Å². The molecule has 1 rings (SSSR count). The van der Waals surface area contributed by atoms with Gasteiger partial charge in [-0.3, -0.25) is 0 Å². The Morgan fingerprint density at radius 3 is 2.62 bits per heavy atom. The Morgan fingerprint density at radius 2 is 2.00 bits per heavy atom. The smallest absolute Gasteiger partial charge is 0.218 e. The summed E-state index contributed by atoms with van der Waals surface area (Å²) in [6.07, 6.45) is 3.87. The van der Waals surface area contributed by atoms with Crippen molar-refractivity contribution >= 4 is 5.82 Å². The lowest BCUT2D eigenvalue weighted by Crippen LogP contribution is -2.16. The molecule has 0 saturated carbocycles. The van der Waals surface area contributed by atoms with Gasteiger partial charge in [-0.1, -0.05) is 13.8 Å². The molecule has 0 aliphatic heterocycles. The van der Waals surface area contributed by atoms with Crippen LogP contribution in [0.5, 0.6) is 5.88 Å². The van der Waals surface area contributed by atoms with Crippen LogP contribution in [-0.4, -0.2) is 23.1 Å². The molecule has 0 amide bonds. The van der Waals surface area contributed by atoms with Gasteiger partial charge in [0.1, 0.15) is 12.1 Å². The fourth-order valence-electron chi connectivity index (χ4n) is 1.44. The fourth-order valence-corrected chi connectivity index (χ4v) is 1.44. The summed E-state index contributed by atoms with van der Waals surface area (Å²) in [6, 6.07) is 2.23. The van der Waals surface area contributed by atoms with E-state index in [1.165, 1.54) is 12.7 Å². The third-order valence-electron chi connectivity index (χ3n) is 2.42. The maximum absolute atomic E-state index is 5.04. The van der Waals surface area contributed by atoms with Crippen molar-refractivity contribution in [1.82, 2.24) is 9.97 Å². The molecule has 0 fully saturated rings. The van der Waals surface area contributed by atoms with Gasteiger partial charge in [-0.05, 0) is 25.7 Å². The fraction of sp³-hybridized carbons (Fsp3) is 0.667. The van der Waals surface area contributed by atoms with Crippen molar-refractivity contribution in [2.75, 3.05) is 12.4 Å². The quantitative estimate of drug-likeness (QED) is 0.805. The second-order valence-corrected chi connectivity index (χ2v) is 4.46. The molecule has 0 aromatic carbocycles. The molecule has 0 radical (unpaired) electrons. The van der Waals surface area contributed by atoms with E-state index in [4.69, 9.17) is 4.74 Å². The number of ether oxygens (including phenoxy) is 1. The molecule has 0 bridgehead atoms. The van der Waals surface area contributed by atoms with E-state index < -0.39 is 0 Å². The van der Waals surface area contributed by atoms with Gasteiger partial charge in [0.2, 0.25) is 5.88 Å². The van der Waals surface area contributed by atoms with Crippen LogP contribution in [-0.2, 0) is 0 Å². The molecular formula is C12H21N3O. The molecule has 1 aromatic rings. The minimum Gasteiger partial charge on any atom is -0.481 e. The summed E-state index contributed by atoms with van der Waals surface area (Å²) in [5.74, 6) is 2.15. The van der Waals surface area contributed by atoms with Gasteiger partial charge in [-0.15, -0.1) is 0 Å². The molecule has 90 valence electrons. The van der Waals surface area contributed by atoms with Gasteiger partial charge >= 0.3 is 0 Å². The first-order valence-corrected chi connectivity index (χ1v) is 5.74. The summed E-state index contributed by atoms with van der Waals surface area (Å²) in [5, 5.41) is 3.34. The highest BCUT2D eigenvalue weighted by Crippen LogP contribution is 2.14. The SMILES string of the molecule is COc1cc(NC(C)CCC(C)C)ncn1. The lowest BCUT2D eigenvalue weighted by molar-refractivity contribution is 0.397. The van der Waals surface area contributed by atoms with Gasteiger partial charge in [0, 0.05) is 12.1 Å². The molecule has 1 aromatic heterocycles. The first-order valence-electron chi connectivity index (χ1n) is 5.74. The average molecular weight is 223 g/mol. The van der Waals surface area contributed by atoms with Gasteiger partial charge in [-0.2, -0.15) is 0 Å². The zero-order valence-corrected chi connectivity index (χ0v) is 10.5. The van der Waals surface area contributed by atoms with Crippen molar-refractivity contribution in [2.24, 2.45) is 5.92 Å². The van der Waals surface area contributed by atoms with Crippen molar-refractivity contribution in [2.45, 2.75) is 39.7 Å². The maximum Gasteiger partial charge on any atom is 0.218 e. The number of anilines is 1. The lowest BCUT2D eigenvalue weighted by atomic mass is 10.0. The molecule has 4 nitrogen and oxygen atoms in total. The van der Waals surface area contributed by atoms with Crippen LogP contribution in [0.4, 0.5) is 5.82 Å². The molecule has 0 aliphatic rings. The first-order chi connectivity index (χ1) is 7.61. The Morgan fingerprint density at radius 1 is 1.25 bits per heavy atom. The summed E-state index contributed by atoms with van der Waals surface area (Å²) in [5.41, 5.74) is 0. The van der Waals surface area contributed by atoms with Crippen LogP contribution in [0.3, 0.4) is 0 Å². The molecular weight excluding hydrogens is 202 g/mol. The highest BCUT2D eigenvalue weighted by molar-refractivity contribution is 5.37. The van der Waals surface area contributed by atoms with E-state index >= 15 is 0 Å². The molecule has 16 heavy (non-hydrogen) atoms. The molecule has 1 N–H and O–H groups in total. The Hall–Kier alpha value is -1.32. The summed E-state index contributed by atoms with van der Waals surface area (Å²) in [7, 11) is 1.61. The third-order valence-corrected chi connectivity index (χ3v) is 2.42. The predicted molar refractivity (Wildman–Crippen MR) is 65.7 cm³/mol. The number of hydrogen-bond acceptors (Lipinski definition) is 4. The summed E-state index contributed by atoms with van der Waals surface area (Å²) >= 11 is 0. The number of rotatable bonds is 6. The molecule has 1 unspecified atom stereocenters. The highest BCUT2D eigenvalue weighted by atomic mass is 16.5. The Bertz CT molecular complexity index is 315. The number of methoxy groups -OCH3 is 1. The second-order valence-electron chi connectivity index (χ2n) is 4.46. The molecule has 0 aliphatic carbocycles. The van der Waals surface area contributed by atoms with Crippen LogP contribution in [0, 0.1) is 5.92 Å². The number of aromatic nitrogens is 2. The standard InChI is InChI=1S/C12H21N3O/c1-9(2)5-6-10(3)15-11-7-12(16-4)14-8-13-11/h7-10H,5-6H2,1-4H3,(H,13,14,15). The highest BCUT2D eigenvalue weighted by Gasteiger charge is 2.05. The van der Waals surface area contributed by atoms with Crippen LogP contribution >= 0.6 is 0 Å². The van der Waals surface area contributed by atoms with Gasteiger partial charge in [0.25, 0.3) is 0 Å². The van der Waals surface area contributed by atoms with E-state index in [1.807, 2.05) is 6.07 Å². The lowest BCUT2D eigenvalue weighted by Gasteiger charge is -2.15. The Kier molecular flexibility index (Phi) is 5.02. The Labute approximate surface area is 97.5 Å². The number of nitrogens with one attached hydrogen (secondary N) is 1. The molecule has 0 saturated heterocycles. The normalized spacial score (nSPS) is 12.6. The third kappa shape index (κ3) is 4.47. The van der Waals surface area contributed by atoms with Gasteiger partial charge in [-0.25, -0.2) is 9.97 Å². The van der Waals surface area contributed by atoms with Crippen LogP contribution in [0.1, 0.15) is 33.6 Å². The maximum atomic E-state index is 5.04. The van der Waals surface area contributed by atoms with Crippen molar-refractivity contribution in [1.29, 1.82) is 0 Å². The van der Waals surface area contributed by atoms with E-state index in [0.29, 0.717) is 11.9 Å². The molecule has 0 spiro atoms. The predicted octanol–water partition coefficient (Wildman–Crippen LogP) is 2.72. The Balaban J connectivity index is 2.45. The largest absolute Gasteiger partial charge is 0.481 e. The first kappa shape index (κ1) is 12.7. The van der Waals surface area contributed by atoms with Crippen LogP contribution < -0.4 is 10.1 Å². The molecule has 4 heteroatoms. The number of hydrogen-bond donors (Lipinski definition) is 1. The average Bonchev–Trinajstić information content (AvgIpc) is 2.26. The van der Waals surface area contributed by atoms with Crippen LogP contribution in [0.2, 0.25) is 0 Å². The van der Waals surface area contributed by atoms with Crippen molar-refractivity contribution in [3.05, 3.63) is 12.4 Å².